The Morgan fingerprint density at radius 1 is 1.21 bits per heavy atom. The lowest BCUT2D eigenvalue weighted by Gasteiger charge is -2.22. The van der Waals surface area contributed by atoms with Crippen LogP contribution in [0, 0.1) is 25.2 Å². The van der Waals surface area contributed by atoms with Crippen LogP contribution >= 0.6 is 22.9 Å². The molecule has 1 aromatic heterocycles. The van der Waals surface area contributed by atoms with Crippen molar-refractivity contribution in [3.63, 3.8) is 0 Å². The predicted molar refractivity (Wildman–Crippen MR) is 130 cm³/mol. The van der Waals surface area contributed by atoms with Crippen molar-refractivity contribution in [1.29, 1.82) is 5.26 Å². The van der Waals surface area contributed by atoms with Gasteiger partial charge < -0.3 is 10.1 Å². The van der Waals surface area contributed by atoms with E-state index in [1.807, 2.05) is 19.9 Å². The van der Waals surface area contributed by atoms with Gasteiger partial charge in [-0.3, -0.25) is 14.5 Å². The van der Waals surface area contributed by atoms with Gasteiger partial charge in [-0.2, -0.15) is 5.26 Å². The molecule has 0 radical (unpaired) electrons. The number of anilines is 3. The summed E-state index contributed by atoms with van der Waals surface area (Å²) in [5.74, 6) is -1.24. The van der Waals surface area contributed by atoms with Crippen LogP contribution in [0.2, 0.25) is 5.02 Å². The van der Waals surface area contributed by atoms with Crippen LogP contribution in [0.4, 0.5) is 16.5 Å². The molecule has 8 nitrogen and oxygen atoms in total. The summed E-state index contributed by atoms with van der Waals surface area (Å²) in [6, 6.07) is 11.6. The van der Waals surface area contributed by atoms with Crippen LogP contribution in [0.15, 0.2) is 41.8 Å². The van der Waals surface area contributed by atoms with Crippen molar-refractivity contribution in [2.75, 3.05) is 10.2 Å². The summed E-state index contributed by atoms with van der Waals surface area (Å²) < 4.78 is 5.34. The predicted octanol–water partition coefficient (Wildman–Crippen LogP) is 5.31. The maximum absolute atomic E-state index is 12.4. The average molecular weight is 497 g/mol. The zero-order valence-electron chi connectivity index (χ0n) is 18.7. The first-order valence-electron chi connectivity index (χ1n) is 10.2. The molecule has 1 N–H and O–H groups in total. The molecule has 0 atom stereocenters. The molecule has 0 aliphatic heterocycles. The SMILES string of the molecule is CC(=O)N(c1nc(COC(=O)c2ccc(NC(=O)CC#N)cc2)cs1)c1c(C)cc(C)cc1Cl. The molecule has 0 unspecified atom stereocenters. The Morgan fingerprint density at radius 3 is 2.53 bits per heavy atom. The number of hydrogen-bond donors (Lipinski definition) is 1. The topological polar surface area (TPSA) is 112 Å². The number of benzene rings is 2. The number of rotatable bonds is 7. The number of nitriles is 1. The van der Waals surface area contributed by atoms with Crippen molar-refractivity contribution in [3.8, 4) is 6.07 Å². The Hall–Kier alpha value is -3.74. The summed E-state index contributed by atoms with van der Waals surface area (Å²) in [4.78, 5) is 42.2. The van der Waals surface area contributed by atoms with Crippen molar-refractivity contribution < 1.29 is 19.1 Å². The van der Waals surface area contributed by atoms with Crippen LogP contribution in [-0.2, 0) is 20.9 Å². The Morgan fingerprint density at radius 2 is 1.91 bits per heavy atom. The molecule has 0 aliphatic rings. The third-order valence-electron chi connectivity index (χ3n) is 4.66. The van der Waals surface area contributed by atoms with Crippen LogP contribution < -0.4 is 10.2 Å². The molecule has 10 heteroatoms. The van der Waals surface area contributed by atoms with Crippen LogP contribution in [-0.4, -0.2) is 22.8 Å². The molecular formula is C24H21ClN4O4S. The molecule has 174 valence electrons. The summed E-state index contributed by atoms with van der Waals surface area (Å²) in [6.07, 6.45) is -0.254. The largest absolute Gasteiger partial charge is 0.456 e. The molecule has 0 bridgehead atoms. The first-order valence-corrected chi connectivity index (χ1v) is 11.4. The van der Waals surface area contributed by atoms with Crippen LogP contribution in [0.5, 0.6) is 0 Å². The lowest BCUT2D eigenvalue weighted by molar-refractivity contribution is -0.116. The number of nitrogens with one attached hydrogen (secondary N) is 1. The number of ether oxygens (including phenoxy) is 1. The molecule has 0 saturated heterocycles. The van der Waals surface area contributed by atoms with E-state index < -0.39 is 11.9 Å². The van der Waals surface area contributed by atoms with Gasteiger partial charge >= 0.3 is 5.97 Å². The van der Waals surface area contributed by atoms with Gasteiger partial charge in [0.25, 0.3) is 0 Å². The number of hydrogen-bond acceptors (Lipinski definition) is 7. The Bertz CT molecular complexity index is 1260. The second kappa shape index (κ2) is 10.9. The van der Waals surface area contributed by atoms with Gasteiger partial charge in [-0.25, -0.2) is 9.78 Å². The zero-order valence-corrected chi connectivity index (χ0v) is 20.3. The summed E-state index contributed by atoms with van der Waals surface area (Å²) >= 11 is 7.67. The highest BCUT2D eigenvalue weighted by molar-refractivity contribution is 7.14. The lowest BCUT2D eigenvalue weighted by Crippen LogP contribution is -2.24. The smallest absolute Gasteiger partial charge is 0.338 e. The number of amides is 2. The molecule has 2 amide bonds. The highest BCUT2D eigenvalue weighted by atomic mass is 35.5. The third kappa shape index (κ3) is 5.98. The minimum Gasteiger partial charge on any atom is -0.456 e. The van der Waals surface area contributed by atoms with Gasteiger partial charge in [-0.1, -0.05) is 17.7 Å². The fourth-order valence-corrected chi connectivity index (χ4v) is 4.50. The highest BCUT2D eigenvalue weighted by Gasteiger charge is 2.23. The number of halogens is 1. The van der Waals surface area contributed by atoms with E-state index in [2.05, 4.69) is 10.3 Å². The first kappa shape index (κ1) is 24.9. The van der Waals surface area contributed by atoms with Crippen LogP contribution in [0.1, 0.15) is 40.5 Å². The molecule has 3 aromatic rings. The van der Waals surface area contributed by atoms with Gasteiger partial charge in [0.15, 0.2) is 5.13 Å². The molecule has 2 aromatic carbocycles. The summed E-state index contributed by atoms with van der Waals surface area (Å²) in [6.45, 7) is 5.15. The van der Waals surface area contributed by atoms with Gasteiger partial charge in [0.1, 0.15) is 13.0 Å². The van der Waals surface area contributed by atoms with Gasteiger partial charge in [-0.15, -0.1) is 11.3 Å². The van der Waals surface area contributed by atoms with Gasteiger partial charge in [0.2, 0.25) is 11.8 Å². The average Bonchev–Trinajstić information content (AvgIpc) is 3.23. The molecule has 0 aliphatic carbocycles. The fraction of sp³-hybridized carbons (Fsp3) is 0.208. The zero-order chi connectivity index (χ0) is 24.8. The minimum atomic E-state index is -0.565. The van der Waals surface area contributed by atoms with Crippen molar-refractivity contribution in [2.45, 2.75) is 33.8 Å². The Kier molecular flexibility index (Phi) is 7.99. The number of carbonyl (C=O) groups excluding carboxylic acids is 3. The number of nitrogens with zero attached hydrogens (tertiary/aromatic N) is 3. The summed E-state index contributed by atoms with van der Waals surface area (Å²) in [5.41, 5.74) is 3.65. The van der Waals surface area contributed by atoms with Gasteiger partial charge in [-0.05, 0) is 55.3 Å². The van der Waals surface area contributed by atoms with E-state index in [9.17, 15) is 14.4 Å². The molecule has 0 spiro atoms. The lowest BCUT2D eigenvalue weighted by atomic mass is 10.1. The number of aromatic nitrogens is 1. The van der Waals surface area contributed by atoms with Crippen LogP contribution in [0.3, 0.4) is 0 Å². The molecule has 3 rings (SSSR count). The van der Waals surface area contributed by atoms with Crippen LogP contribution in [0.25, 0.3) is 0 Å². The molecule has 1 heterocycles. The summed E-state index contributed by atoms with van der Waals surface area (Å²) in [7, 11) is 0. The van der Waals surface area contributed by atoms with Gasteiger partial charge in [0.05, 0.1) is 28.0 Å². The number of carbonyl (C=O) groups is 3. The monoisotopic (exact) mass is 496 g/mol. The Balaban J connectivity index is 1.69. The Labute approximate surface area is 205 Å². The maximum Gasteiger partial charge on any atom is 0.338 e. The number of aryl methyl sites for hydroxylation is 2. The van der Waals surface area contributed by atoms with Crippen molar-refractivity contribution in [2.24, 2.45) is 0 Å². The molecule has 0 fully saturated rings. The van der Waals surface area contributed by atoms with E-state index in [4.69, 9.17) is 21.6 Å². The maximum atomic E-state index is 12.4. The molecule has 0 saturated carbocycles. The molecular weight excluding hydrogens is 476 g/mol. The number of thiazole rings is 1. The highest BCUT2D eigenvalue weighted by Crippen LogP contribution is 2.37. The second-order valence-corrected chi connectivity index (χ2v) is 8.67. The van der Waals surface area contributed by atoms with Crippen molar-refractivity contribution in [1.82, 2.24) is 4.98 Å². The van der Waals surface area contributed by atoms with E-state index in [0.29, 0.717) is 32.8 Å². The van der Waals surface area contributed by atoms with Crippen molar-refractivity contribution in [3.05, 3.63) is 69.2 Å². The van der Waals surface area contributed by atoms with E-state index in [1.165, 1.54) is 35.3 Å². The third-order valence-corrected chi connectivity index (χ3v) is 5.83. The summed E-state index contributed by atoms with van der Waals surface area (Å²) in [5, 5.41) is 13.7. The standard InChI is InChI=1S/C24H21ClN4O4S/c1-14-10-15(2)22(20(25)11-14)29(16(3)30)24-28-19(13-34-24)12-33-23(32)17-4-6-18(7-5-17)27-21(31)8-9-26/h4-7,10-11,13H,8,12H2,1-3H3,(H,27,31). The first-order chi connectivity index (χ1) is 16.2. The normalized spacial score (nSPS) is 10.3. The minimum absolute atomic E-state index is 0.0810. The van der Waals surface area contributed by atoms with Crippen molar-refractivity contribution >= 4 is 57.2 Å². The number of esters is 1. The van der Waals surface area contributed by atoms with Gasteiger partial charge in [0, 0.05) is 18.0 Å². The fourth-order valence-electron chi connectivity index (χ4n) is 3.23. The van der Waals surface area contributed by atoms with E-state index in [1.54, 1.807) is 29.6 Å². The van der Waals surface area contributed by atoms with E-state index in [0.717, 1.165) is 11.1 Å². The quantitative estimate of drug-likeness (QED) is 0.444. The second-order valence-electron chi connectivity index (χ2n) is 7.42. The van der Waals surface area contributed by atoms with E-state index >= 15 is 0 Å². The molecule has 34 heavy (non-hydrogen) atoms. The van der Waals surface area contributed by atoms with E-state index in [-0.39, 0.29) is 18.9 Å².